The lowest BCUT2D eigenvalue weighted by atomic mass is 9.93. The van der Waals surface area contributed by atoms with Crippen molar-refractivity contribution in [2.45, 2.75) is 25.3 Å². The molecular formula is C24H26N4O3. The number of methoxy groups -OCH3 is 2. The van der Waals surface area contributed by atoms with Crippen molar-refractivity contribution in [2.75, 3.05) is 25.7 Å². The second kappa shape index (κ2) is 7.91. The van der Waals surface area contributed by atoms with Gasteiger partial charge in [-0.25, -0.2) is 4.98 Å². The Morgan fingerprint density at radius 3 is 2.48 bits per heavy atom. The number of aromatic nitrogens is 2. The van der Waals surface area contributed by atoms with E-state index in [-0.39, 0.29) is 5.78 Å². The highest BCUT2D eigenvalue weighted by atomic mass is 16.5. The van der Waals surface area contributed by atoms with Crippen LogP contribution < -0.4 is 14.4 Å². The summed E-state index contributed by atoms with van der Waals surface area (Å²) in [4.78, 5) is 28.4. The van der Waals surface area contributed by atoms with Crippen LogP contribution in [0.5, 0.6) is 11.5 Å². The minimum atomic E-state index is -0.860. The molecule has 7 nitrogen and oxygen atoms in total. The first-order chi connectivity index (χ1) is 14.9. The van der Waals surface area contributed by atoms with Crippen LogP contribution in [-0.2, 0) is 4.79 Å². The van der Waals surface area contributed by atoms with E-state index in [1.807, 2.05) is 55.1 Å². The molecule has 0 radical (unpaired) electrons. The van der Waals surface area contributed by atoms with Gasteiger partial charge in [0.1, 0.15) is 34.6 Å². The van der Waals surface area contributed by atoms with Crippen LogP contribution in [0.3, 0.4) is 0 Å². The number of anilines is 1. The summed E-state index contributed by atoms with van der Waals surface area (Å²) in [5.41, 5.74) is 1.59. The smallest absolute Gasteiger partial charge is 0.176 e. The third-order valence-corrected chi connectivity index (χ3v) is 5.57. The molecule has 31 heavy (non-hydrogen) atoms. The number of amidine groups is 1. The first-order valence-electron chi connectivity index (χ1n) is 10.1. The van der Waals surface area contributed by atoms with Crippen LogP contribution in [0.1, 0.15) is 25.6 Å². The van der Waals surface area contributed by atoms with Crippen LogP contribution >= 0.6 is 0 Å². The fourth-order valence-corrected chi connectivity index (χ4v) is 4.05. The summed E-state index contributed by atoms with van der Waals surface area (Å²) in [7, 11) is 3.20. The van der Waals surface area contributed by atoms with Crippen LogP contribution in [0.4, 0.5) is 5.69 Å². The van der Waals surface area contributed by atoms with Gasteiger partial charge in [-0.15, -0.1) is 6.58 Å². The molecule has 2 aromatic carbocycles. The van der Waals surface area contributed by atoms with Gasteiger partial charge < -0.3 is 19.4 Å². The van der Waals surface area contributed by atoms with Gasteiger partial charge in [0.05, 0.1) is 37.5 Å². The molecule has 1 fully saturated rings. The van der Waals surface area contributed by atoms with Crippen molar-refractivity contribution in [2.24, 2.45) is 4.99 Å². The number of aliphatic imine (C=N–C) groups is 1. The molecule has 0 saturated carbocycles. The number of benzene rings is 2. The minimum absolute atomic E-state index is 0.0103. The average molecular weight is 418 g/mol. The molecule has 2 heterocycles. The van der Waals surface area contributed by atoms with E-state index in [2.05, 4.69) is 11.6 Å². The number of nitrogens with zero attached hydrogens (tertiary/aromatic N) is 3. The van der Waals surface area contributed by atoms with Gasteiger partial charge in [0.25, 0.3) is 0 Å². The molecule has 0 bridgehead atoms. The van der Waals surface area contributed by atoms with Gasteiger partial charge in [0.2, 0.25) is 0 Å². The van der Waals surface area contributed by atoms with Gasteiger partial charge in [-0.05, 0) is 26.0 Å². The summed E-state index contributed by atoms with van der Waals surface area (Å²) in [6, 6.07) is 13.3. The number of Topliss-reactive ketones (excluding diaryl/α,β-unsaturated/α-hetero) is 1. The number of rotatable bonds is 6. The number of ketones is 1. The van der Waals surface area contributed by atoms with Crippen molar-refractivity contribution in [3.8, 4) is 11.5 Å². The number of aromatic amines is 1. The maximum absolute atomic E-state index is 13.7. The van der Waals surface area contributed by atoms with E-state index in [4.69, 9.17) is 19.5 Å². The average Bonchev–Trinajstić information content (AvgIpc) is 3.28. The lowest BCUT2D eigenvalue weighted by Gasteiger charge is -2.32. The summed E-state index contributed by atoms with van der Waals surface area (Å²) in [5.74, 6) is 1.85. The molecule has 1 unspecified atom stereocenters. The van der Waals surface area contributed by atoms with Crippen molar-refractivity contribution < 1.29 is 14.3 Å². The Labute approximate surface area is 181 Å². The summed E-state index contributed by atoms with van der Waals surface area (Å²) < 4.78 is 10.9. The molecular weight excluding hydrogens is 392 g/mol. The molecule has 1 aliphatic rings. The Morgan fingerprint density at radius 1 is 1.19 bits per heavy atom. The van der Waals surface area contributed by atoms with Crippen molar-refractivity contribution in [1.29, 1.82) is 0 Å². The van der Waals surface area contributed by atoms with E-state index >= 15 is 0 Å². The quantitative estimate of drug-likeness (QED) is 0.609. The van der Waals surface area contributed by atoms with Gasteiger partial charge in [-0.3, -0.25) is 9.79 Å². The van der Waals surface area contributed by atoms with Crippen molar-refractivity contribution in [1.82, 2.24) is 9.97 Å². The molecule has 0 amide bonds. The van der Waals surface area contributed by atoms with E-state index in [0.717, 1.165) is 16.7 Å². The van der Waals surface area contributed by atoms with Crippen LogP contribution in [0.2, 0.25) is 0 Å². The highest BCUT2D eigenvalue weighted by molar-refractivity contribution is 6.26. The molecule has 0 spiro atoms. The Hall–Kier alpha value is -3.61. The number of carbonyl (C=O) groups is 1. The van der Waals surface area contributed by atoms with Gasteiger partial charge in [0.15, 0.2) is 5.78 Å². The van der Waals surface area contributed by atoms with Crippen LogP contribution in [0, 0.1) is 0 Å². The molecule has 1 aliphatic heterocycles. The Kier molecular flexibility index (Phi) is 5.27. The summed E-state index contributed by atoms with van der Waals surface area (Å²) in [6.45, 7) is 7.96. The van der Waals surface area contributed by atoms with E-state index in [1.54, 1.807) is 26.4 Å². The fraction of sp³-hybridized carbons (Fsp3) is 0.292. The van der Waals surface area contributed by atoms with Gasteiger partial charge in [-0.2, -0.15) is 0 Å². The largest absolute Gasteiger partial charge is 0.497 e. The van der Waals surface area contributed by atoms with Crippen molar-refractivity contribution in [3.05, 3.63) is 60.9 Å². The molecule has 3 aromatic rings. The number of ether oxygens (including phenoxy) is 2. The van der Waals surface area contributed by atoms with E-state index in [9.17, 15) is 4.79 Å². The minimum Gasteiger partial charge on any atom is -0.497 e. The molecule has 1 aromatic heterocycles. The summed E-state index contributed by atoms with van der Waals surface area (Å²) in [6.07, 6.45) is 1.71. The molecule has 7 heteroatoms. The van der Waals surface area contributed by atoms with E-state index in [0.29, 0.717) is 29.7 Å². The van der Waals surface area contributed by atoms with Gasteiger partial charge in [-0.1, -0.05) is 18.2 Å². The maximum Gasteiger partial charge on any atom is 0.176 e. The summed E-state index contributed by atoms with van der Waals surface area (Å²) in [5, 5.41) is 0. The van der Waals surface area contributed by atoms with Gasteiger partial charge in [0, 0.05) is 18.2 Å². The molecule has 160 valence electrons. The third kappa shape index (κ3) is 3.46. The fourth-order valence-electron chi connectivity index (χ4n) is 4.05. The zero-order chi connectivity index (χ0) is 22.2. The first kappa shape index (κ1) is 20.7. The number of fused-ring (bicyclic) bond motifs is 1. The predicted octanol–water partition coefficient (Wildman–Crippen LogP) is 4.12. The Morgan fingerprint density at radius 2 is 1.87 bits per heavy atom. The zero-order valence-corrected chi connectivity index (χ0v) is 18.2. The predicted molar refractivity (Wildman–Crippen MR) is 122 cm³/mol. The first-order valence-corrected chi connectivity index (χ1v) is 10.1. The standard InChI is InChI=1S/C24H26N4O3/c1-6-11-25-23-20(22-26-18-9-7-8-10-19(18)27-22)21(29)24(2,3)28(23)15-12-16(30-4)14-17(13-15)31-5/h6-10,12-14,20H,1,11H2,2-5H3,(H,26,27). The monoisotopic (exact) mass is 418 g/mol. The maximum atomic E-state index is 13.7. The highest BCUT2D eigenvalue weighted by Crippen LogP contribution is 2.42. The third-order valence-electron chi connectivity index (χ3n) is 5.57. The number of carbonyl (C=O) groups excluding carboxylic acids is 1. The lowest BCUT2D eigenvalue weighted by molar-refractivity contribution is -0.121. The number of H-pyrrole nitrogens is 1. The lowest BCUT2D eigenvalue weighted by Crippen LogP contribution is -2.44. The molecule has 1 N–H and O–H groups in total. The van der Waals surface area contributed by atoms with Crippen LogP contribution in [0.15, 0.2) is 60.1 Å². The molecule has 1 saturated heterocycles. The Balaban J connectivity index is 1.90. The highest BCUT2D eigenvalue weighted by Gasteiger charge is 2.53. The zero-order valence-electron chi connectivity index (χ0n) is 18.2. The van der Waals surface area contributed by atoms with E-state index in [1.165, 1.54) is 0 Å². The second-order valence-corrected chi connectivity index (χ2v) is 7.89. The SMILES string of the molecule is C=CCN=C1C(c2nc3ccccc3[nH]2)C(=O)C(C)(C)N1c1cc(OC)cc(OC)c1. The number of hydrogen-bond donors (Lipinski definition) is 1. The van der Waals surface area contributed by atoms with Gasteiger partial charge >= 0.3 is 0 Å². The van der Waals surface area contributed by atoms with Crippen LogP contribution in [0.25, 0.3) is 11.0 Å². The molecule has 0 aliphatic carbocycles. The number of imidazole rings is 1. The van der Waals surface area contributed by atoms with Crippen molar-refractivity contribution in [3.63, 3.8) is 0 Å². The second-order valence-electron chi connectivity index (χ2n) is 7.89. The summed E-state index contributed by atoms with van der Waals surface area (Å²) >= 11 is 0. The van der Waals surface area contributed by atoms with E-state index < -0.39 is 11.5 Å². The normalized spacial score (nSPS) is 19.2. The van der Waals surface area contributed by atoms with Crippen molar-refractivity contribution >= 4 is 28.3 Å². The molecule has 1 atom stereocenters. The topological polar surface area (TPSA) is 79.8 Å². The van der Waals surface area contributed by atoms with Crippen LogP contribution in [-0.4, -0.2) is 47.9 Å². The number of para-hydroxylation sites is 2. The number of nitrogens with one attached hydrogen (secondary N) is 1. The Bertz CT molecular complexity index is 1120. The molecule has 4 rings (SSSR count). The number of hydrogen-bond acceptors (Lipinski definition) is 5.